The summed E-state index contributed by atoms with van der Waals surface area (Å²) in [4.78, 5) is 11.8. The first-order valence-electron chi connectivity index (χ1n) is 4.93. The van der Waals surface area contributed by atoms with Crippen LogP contribution in [0.15, 0.2) is 0 Å². The number of aromatic hydroxyl groups is 1. The fraction of sp³-hybridized carbons (Fsp3) is 0.385. The molecule has 0 spiro atoms. The van der Waals surface area contributed by atoms with Crippen LogP contribution in [0.2, 0.25) is 0 Å². The average molecular weight is 492 g/mol. The predicted octanol–water partition coefficient (Wildman–Crippen LogP) is 2.91. The Bertz CT molecular complexity index is 414. The van der Waals surface area contributed by atoms with Gasteiger partial charge in [0.2, 0.25) is 0 Å². The van der Waals surface area contributed by atoms with Gasteiger partial charge in [0.1, 0.15) is 0 Å². The monoisotopic (exact) mass is 493 g/mol. The molecule has 0 amide bonds. The SMILES string of the molecule is Cc1[c-]c(C(=O)[C-](C)C)c(C)c(C)c1O.[Re].[Ru+]. The Morgan fingerprint density at radius 2 is 1.65 bits per heavy atom. The predicted molar refractivity (Wildman–Crippen MR) is 60.1 cm³/mol. The standard InChI is InChI=1S/C13H16O2.Re.Ru/c1-7(2)12(14)11-6-8(3)13(15)10(5)9(11)4;;/h15H,1-5H3;;/q-2;;+1. The quantitative estimate of drug-likeness (QED) is 0.393. The minimum absolute atomic E-state index is 0. The Balaban J connectivity index is 0. The largest absolute Gasteiger partial charge is 1.00 e. The first-order valence-corrected chi connectivity index (χ1v) is 4.93. The molecule has 0 saturated carbocycles. The van der Waals surface area contributed by atoms with Crippen LogP contribution in [-0.2, 0) is 39.9 Å². The van der Waals surface area contributed by atoms with Crippen LogP contribution in [0.25, 0.3) is 0 Å². The Kier molecular flexibility index (Phi) is 8.26. The van der Waals surface area contributed by atoms with Gasteiger partial charge in [-0.15, -0.1) is 25.0 Å². The van der Waals surface area contributed by atoms with Crippen LogP contribution in [0.4, 0.5) is 0 Å². The van der Waals surface area contributed by atoms with E-state index in [1.807, 2.05) is 13.8 Å². The molecule has 1 aromatic carbocycles. The number of phenols is 1. The number of carbonyl (C=O) groups is 1. The first kappa shape index (κ1) is 19.2. The molecular weight excluding hydrogens is 475 g/mol. The number of ketones is 1. The zero-order valence-corrected chi connectivity index (χ0v) is 15.0. The molecule has 1 rings (SSSR count). The molecule has 0 atom stereocenters. The molecule has 0 aliphatic carbocycles. The number of Topliss-reactive ketones (excluding diaryl/α,β-unsaturated/α-hetero) is 1. The number of phenolic OH excluding ortho intramolecular Hbond substituents is 1. The second kappa shape index (κ2) is 7.32. The number of hydrogen-bond acceptors (Lipinski definition) is 2. The van der Waals surface area contributed by atoms with E-state index in [0.717, 1.165) is 17.0 Å². The fourth-order valence-electron chi connectivity index (χ4n) is 1.46. The second-order valence-electron chi connectivity index (χ2n) is 4.05. The number of benzene rings is 1. The molecule has 4 heteroatoms. The van der Waals surface area contributed by atoms with Crippen LogP contribution in [-0.4, -0.2) is 10.9 Å². The van der Waals surface area contributed by atoms with Crippen molar-refractivity contribution in [2.75, 3.05) is 0 Å². The summed E-state index contributed by atoms with van der Waals surface area (Å²) in [7, 11) is 0. The zero-order chi connectivity index (χ0) is 11.7. The summed E-state index contributed by atoms with van der Waals surface area (Å²) in [6.45, 7) is 8.97. The minimum Gasteiger partial charge on any atom is -0.551 e. The maximum absolute atomic E-state index is 11.8. The summed E-state index contributed by atoms with van der Waals surface area (Å²) in [5.41, 5.74) is 2.77. The van der Waals surface area contributed by atoms with Gasteiger partial charge in [-0.2, -0.15) is 0 Å². The summed E-state index contributed by atoms with van der Waals surface area (Å²) in [5, 5.41) is 9.68. The van der Waals surface area contributed by atoms with Gasteiger partial charge in [-0.1, -0.05) is 26.6 Å². The topological polar surface area (TPSA) is 37.3 Å². The third kappa shape index (κ3) is 3.92. The molecule has 96 valence electrons. The fourth-order valence-corrected chi connectivity index (χ4v) is 1.46. The summed E-state index contributed by atoms with van der Waals surface area (Å²) >= 11 is 0. The van der Waals surface area contributed by atoms with Crippen molar-refractivity contribution in [3.8, 4) is 5.75 Å². The van der Waals surface area contributed by atoms with E-state index in [9.17, 15) is 9.90 Å². The molecule has 2 radical (unpaired) electrons. The van der Waals surface area contributed by atoms with Gasteiger partial charge in [0.15, 0.2) is 0 Å². The molecule has 0 heterocycles. The molecule has 0 saturated heterocycles. The third-order valence-corrected chi connectivity index (χ3v) is 2.64. The first-order chi connectivity index (χ1) is 6.86. The molecular formula is C13H16O2ReRu-. The molecule has 0 bridgehead atoms. The van der Waals surface area contributed by atoms with Gasteiger partial charge in [-0.05, 0) is 0 Å². The van der Waals surface area contributed by atoms with E-state index in [0.29, 0.717) is 11.1 Å². The van der Waals surface area contributed by atoms with Gasteiger partial charge in [-0.3, -0.25) is 5.56 Å². The summed E-state index contributed by atoms with van der Waals surface area (Å²) in [5.74, 6) is 0.968. The maximum Gasteiger partial charge on any atom is 1.00 e. The molecule has 0 aromatic heterocycles. The van der Waals surface area contributed by atoms with Crippen molar-refractivity contribution in [3.05, 3.63) is 34.2 Å². The normalized spacial score (nSPS) is 9.00. The van der Waals surface area contributed by atoms with E-state index >= 15 is 0 Å². The maximum atomic E-state index is 11.8. The summed E-state index contributed by atoms with van der Waals surface area (Å²) in [6.07, 6.45) is 0. The molecule has 2 nitrogen and oxygen atoms in total. The average Bonchev–Trinajstić information content (AvgIpc) is 2.19. The van der Waals surface area contributed by atoms with E-state index in [1.54, 1.807) is 20.8 Å². The third-order valence-electron chi connectivity index (χ3n) is 2.64. The molecule has 17 heavy (non-hydrogen) atoms. The van der Waals surface area contributed by atoms with E-state index < -0.39 is 0 Å². The van der Waals surface area contributed by atoms with Crippen LogP contribution in [0, 0.1) is 32.8 Å². The molecule has 0 aliphatic rings. The van der Waals surface area contributed by atoms with Gasteiger partial charge in [0, 0.05) is 26.2 Å². The molecule has 0 unspecified atom stereocenters. The molecule has 1 N–H and O–H groups in total. The van der Waals surface area contributed by atoms with E-state index in [1.165, 1.54) is 0 Å². The van der Waals surface area contributed by atoms with Crippen LogP contribution in [0.1, 0.15) is 40.9 Å². The Hall–Kier alpha value is -0.154. The van der Waals surface area contributed by atoms with E-state index in [-0.39, 0.29) is 51.4 Å². The smallest absolute Gasteiger partial charge is 0.551 e. The summed E-state index contributed by atoms with van der Waals surface area (Å²) in [6, 6.07) is 2.95. The van der Waals surface area contributed by atoms with Crippen molar-refractivity contribution in [1.29, 1.82) is 0 Å². The Morgan fingerprint density at radius 3 is 2.06 bits per heavy atom. The molecule has 0 fully saturated rings. The van der Waals surface area contributed by atoms with E-state index in [2.05, 4.69) is 6.07 Å². The van der Waals surface area contributed by atoms with Gasteiger partial charge in [-0.25, -0.2) is 17.5 Å². The minimum atomic E-state index is -0.00120. The van der Waals surface area contributed by atoms with Gasteiger partial charge >= 0.3 is 19.5 Å². The van der Waals surface area contributed by atoms with E-state index in [4.69, 9.17) is 0 Å². The van der Waals surface area contributed by atoms with Crippen LogP contribution >= 0.6 is 0 Å². The molecule has 0 aliphatic heterocycles. The second-order valence-corrected chi connectivity index (χ2v) is 4.05. The van der Waals surface area contributed by atoms with Crippen molar-refractivity contribution >= 4 is 5.78 Å². The van der Waals surface area contributed by atoms with Crippen LogP contribution < -0.4 is 0 Å². The van der Waals surface area contributed by atoms with Crippen molar-refractivity contribution in [2.45, 2.75) is 34.6 Å². The summed E-state index contributed by atoms with van der Waals surface area (Å²) < 4.78 is 0. The van der Waals surface area contributed by atoms with Gasteiger partial charge < -0.3 is 9.90 Å². The van der Waals surface area contributed by atoms with Crippen molar-refractivity contribution in [2.24, 2.45) is 0 Å². The Labute approximate surface area is 130 Å². The van der Waals surface area contributed by atoms with Gasteiger partial charge in [0.25, 0.3) is 0 Å². The molecule has 1 aromatic rings. The number of hydrogen-bond donors (Lipinski definition) is 1. The number of aryl methyl sites for hydroxylation is 1. The van der Waals surface area contributed by atoms with Crippen molar-refractivity contribution in [3.63, 3.8) is 0 Å². The Morgan fingerprint density at radius 1 is 1.18 bits per heavy atom. The van der Waals surface area contributed by atoms with Crippen LogP contribution in [0.3, 0.4) is 0 Å². The number of rotatable bonds is 2. The zero-order valence-electron chi connectivity index (χ0n) is 10.6. The van der Waals surface area contributed by atoms with Crippen molar-refractivity contribution in [1.82, 2.24) is 0 Å². The number of carbonyl (C=O) groups excluding carboxylic acids is 1. The van der Waals surface area contributed by atoms with Crippen LogP contribution in [0.5, 0.6) is 5.75 Å². The van der Waals surface area contributed by atoms with Crippen molar-refractivity contribution < 1.29 is 49.8 Å². The van der Waals surface area contributed by atoms with Gasteiger partial charge in [0.05, 0.1) is 0 Å².